The van der Waals surface area contributed by atoms with E-state index in [0.29, 0.717) is 6.54 Å². The molecule has 0 aromatic heterocycles. The zero-order valence-corrected chi connectivity index (χ0v) is 11.5. The summed E-state index contributed by atoms with van der Waals surface area (Å²) in [7, 11) is 0.308. The predicted molar refractivity (Wildman–Crippen MR) is 66.0 cm³/mol. The van der Waals surface area contributed by atoms with Crippen molar-refractivity contribution in [2.24, 2.45) is 0 Å². The number of hydrogen-bond donors (Lipinski definition) is 1. The number of nitrogens with zero attached hydrogens (tertiary/aromatic N) is 1. The van der Waals surface area contributed by atoms with E-state index in [9.17, 15) is 8.42 Å². The topological polar surface area (TPSA) is 58.6 Å². The molecule has 0 saturated heterocycles. The second kappa shape index (κ2) is 8.00. The van der Waals surface area contributed by atoms with E-state index in [1.807, 2.05) is 20.9 Å². The highest BCUT2D eigenvalue weighted by atomic mass is 32.2. The minimum Gasteiger partial charge on any atom is -0.378 e. The molecule has 6 heteroatoms. The smallest absolute Gasteiger partial charge is 0.216 e. The zero-order valence-electron chi connectivity index (χ0n) is 10.7. The van der Waals surface area contributed by atoms with Gasteiger partial charge >= 0.3 is 0 Å². The van der Waals surface area contributed by atoms with Crippen molar-refractivity contribution in [1.82, 2.24) is 9.62 Å². The molecular weight excluding hydrogens is 228 g/mol. The van der Waals surface area contributed by atoms with Crippen molar-refractivity contribution in [2.75, 3.05) is 39.5 Å². The van der Waals surface area contributed by atoms with E-state index in [4.69, 9.17) is 4.74 Å². The molecule has 0 atom stereocenters. The molecule has 0 amide bonds. The van der Waals surface area contributed by atoms with Gasteiger partial charge in [0.25, 0.3) is 0 Å². The lowest BCUT2D eigenvalue weighted by atomic mass is 10.4. The minimum atomic E-state index is -3.16. The third kappa shape index (κ3) is 7.16. The molecular formula is C10H24N2O3S. The Morgan fingerprint density at radius 1 is 1.38 bits per heavy atom. The Labute approximate surface area is 99.2 Å². The third-order valence-corrected chi connectivity index (χ3v) is 3.98. The molecule has 0 aliphatic carbocycles. The average molecular weight is 252 g/mol. The van der Waals surface area contributed by atoms with Gasteiger partial charge in [0.15, 0.2) is 0 Å². The van der Waals surface area contributed by atoms with E-state index >= 15 is 0 Å². The molecule has 0 radical (unpaired) electrons. The van der Waals surface area contributed by atoms with E-state index in [2.05, 4.69) is 5.32 Å². The quantitative estimate of drug-likeness (QED) is 0.599. The zero-order chi connectivity index (χ0) is 12.6. The summed E-state index contributed by atoms with van der Waals surface area (Å²) in [5.41, 5.74) is 0. The maximum atomic E-state index is 11.7. The summed E-state index contributed by atoms with van der Waals surface area (Å²) in [4.78, 5) is 0. The van der Waals surface area contributed by atoms with Crippen LogP contribution in [0.1, 0.15) is 20.3 Å². The van der Waals surface area contributed by atoms with Crippen LogP contribution in [0.2, 0.25) is 0 Å². The van der Waals surface area contributed by atoms with Gasteiger partial charge in [-0.2, -0.15) is 0 Å². The highest BCUT2D eigenvalue weighted by Gasteiger charge is 2.16. The molecule has 0 aliphatic heterocycles. The molecule has 0 aliphatic rings. The predicted octanol–water partition coefficient (Wildman–Crippen LogP) is 0.283. The first-order chi connectivity index (χ1) is 7.40. The normalized spacial score (nSPS) is 12.6. The van der Waals surface area contributed by atoms with Crippen LogP contribution < -0.4 is 5.32 Å². The summed E-state index contributed by atoms with van der Waals surface area (Å²) >= 11 is 0. The molecule has 0 aromatic carbocycles. The van der Waals surface area contributed by atoms with Gasteiger partial charge in [0.2, 0.25) is 10.0 Å². The van der Waals surface area contributed by atoms with E-state index in [1.165, 1.54) is 4.31 Å². The van der Waals surface area contributed by atoms with Crippen LogP contribution in [0.15, 0.2) is 0 Å². The van der Waals surface area contributed by atoms with E-state index in [0.717, 1.165) is 13.0 Å². The molecule has 16 heavy (non-hydrogen) atoms. The van der Waals surface area contributed by atoms with Gasteiger partial charge < -0.3 is 10.1 Å². The van der Waals surface area contributed by atoms with Crippen molar-refractivity contribution < 1.29 is 13.2 Å². The van der Waals surface area contributed by atoms with E-state index < -0.39 is 10.0 Å². The molecule has 0 rings (SSSR count). The van der Waals surface area contributed by atoms with Gasteiger partial charge in [-0.25, -0.2) is 12.7 Å². The second-order valence-corrected chi connectivity index (χ2v) is 6.21. The van der Waals surface area contributed by atoms with Gasteiger partial charge in [0, 0.05) is 13.6 Å². The lowest BCUT2D eigenvalue weighted by molar-refractivity contribution is 0.0907. The summed E-state index contributed by atoms with van der Waals surface area (Å²) in [6.07, 6.45) is 0.891. The molecule has 0 spiro atoms. The van der Waals surface area contributed by atoms with Crippen LogP contribution >= 0.6 is 0 Å². The van der Waals surface area contributed by atoms with Crippen LogP contribution in [-0.4, -0.2) is 58.4 Å². The number of sulfonamides is 1. The summed E-state index contributed by atoms with van der Waals surface area (Å²) < 4.78 is 30.1. The second-order valence-electron chi connectivity index (χ2n) is 4.01. The van der Waals surface area contributed by atoms with Gasteiger partial charge in [0.05, 0.1) is 18.5 Å². The first-order valence-corrected chi connectivity index (χ1v) is 7.21. The van der Waals surface area contributed by atoms with Gasteiger partial charge in [-0.3, -0.25) is 0 Å². The van der Waals surface area contributed by atoms with Crippen molar-refractivity contribution in [1.29, 1.82) is 0 Å². The SMILES string of the molecule is CNCCCN(C)S(=O)(=O)CCOC(C)C. The maximum absolute atomic E-state index is 11.7. The first kappa shape index (κ1) is 15.8. The Balaban J connectivity index is 3.91. The van der Waals surface area contributed by atoms with Gasteiger partial charge in [-0.1, -0.05) is 0 Å². The van der Waals surface area contributed by atoms with Crippen molar-refractivity contribution >= 4 is 10.0 Å². The van der Waals surface area contributed by atoms with Crippen molar-refractivity contribution in [3.05, 3.63) is 0 Å². The fraction of sp³-hybridized carbons (Fsp3) is 1.00. The molecule has 5 nitrogen and oxygen atoms in total. The van der Waals surface area contributed by atoms with Crippen LogP contribution in [-0.2, 0) is 14.8 Å². The Morgan fingerprint density at radius 2 is 2.00 bits per heavy atom. The fourth-order valence-electron chi connectivity index (χ4n) is 1.16. The average Bonchev–Trinajstić information content (AvgIpc) is 2.17. The lowest BCUT2D eigenvalue weighted by Gasteiger charge is -2.17. The third-order valence-electron chi connectivity index (χ3n) is 2.17. The number of ether oxygens (including phenoxy) is 1. The Morgan fingerprint density at radius 3 is 2.50 bits per heavy atom. The highest BCUT2D eigenvalue weighted by Crippen LogP contribution is 2.00. The van der Waals surface area contributed by atoms with Crippen LogP contribution in [0.4, 0.5) is 0 Å². The molecule has 0 unspecified atom stereocenters. The highest BCUT2D eigenvalue weighted by molar-refractivity contribution is 7.89. The fourth-order valence-corrected chi connectivity index (χ4v) is 2.19. The lowest BCUT2D eigenvalue weighted by Crippen LogP contribution is -2.33. The molecule has 0 saturated carbocycles. The Bertz CT molecular complexity index is 265. The standard InChI is InChI=1S/C10H24N2O3S/c1-10(2)15-8-9-16(13,14)12(4)7-5-6-11-3/h10-11H,5-9H2,1-4H3. The molecule has 98 valence electrons. The van der Waals surface area contributed by atoms with Gasteiger partial charge in [-0.05, 0) is 33.9 Å². The van der Waals surface area contributed by atoms with Gasteiger partial charge in [0.1, 0.15) is 0 Å². The largest absolute Gasteiger partial charge is 0.378 e. The van der Waals surface area contributed by atoms with E-state index in [1.54, 1.807) is 7.05 Å². The summed E-state index contributed by atoms with van der Waals surface area (Å²) in [5, 5.41) is 2.99. The van der Waals surface area contributed by atoms with Crippen molar-refractivity contribution in [2.45, 2.75) is 26.4 Å². The maximum Gasteiger partial charge on any atom is 0.216 e. The number of nitrogens with one attached hydrogen (secondary N) is 1. The molecule has 0 heterocycles. The summed E-state index contributed by atoms with van der Waals surface area (Å²) in [5.74, 6) is 0.0568. The monoisotopic (exact) mass is 252 g/mol. The summed E-state index contributed by atoms with van der Waals surface area (Å²) in [6, 6.07) is 0. The van der Waals surface area contributed by atoms with E-state index in [-0.39, 0.29) is 18.5 Å². The van der Waals surface area contributed by atoms with Crippen molar-refractivity contribution in [3.63, 3.8) is 0 Å². The molecule has 0 aromatic rings. The Hall–Kier alpha value is -0.170. The summed E-state index contributed by atoms with van der Waals surface area (Å²) in [6.45, 7) is 5.41. The minimum absolute atomic E-state index is 0.0568. The van der Waals surface area contributed by atoms with Crippen molar-refractivity contribution in [3.8, 4) is 0 Å². The first-order valence-electron chi connectivity index (χ1n) is 5.60. The van der Waals surface area contributed by atoms with Crippen LogP contribution in [0.5, 0.6) is 0 Å². The van der Waals surface area contributed by atoms with Gasteiger partial charge in [-0.15, -0.1) is 0 Å². The van der Waals surface area contributed by atoms with Crippen LogP contribution in [0.25, 0.3) is 0 Å². The molecule has 0 bridgehead atoms. The van der Waals surface area contributed by atoms with Crippen LogP contribution in [0, 0.1) is 0 Å². The van der Waals surface area contributed by atoms with Crippen LogP contribution in [0.3, 0.4) is 0 Å². The molecule has 0 fully saturated rings. The number of hydrogen-bond acceptors (Lipinski definition) is 4. The molecule has 1 N–H and O–H groups in total. The Kier molecular flexibility index (Phi) is 7.91. The number of rotatable bonds is 9.